The fourth-order valence-electron chi connectivity index (χ4n) is 2.93. The third kappa shape index (κ3) is 3.13. The molecule has 0 spiro atoms. The lowest BCUT2D eigenvalue weighted by molar-refractivity contribution is -0.162. The minimum absolute atomic E-state index is 0.0903. The van der Waals surface area contributed by atoms with Gasteiger partial charge in [-0.25, -0.2) is 0 Å². The quantitative estimate of drug-likeness (QED) is 0.687. The molecule has 1 saturated heterocycles. The molecule has 0 aliphatic carbocycles. The minimum Gasteiger partial charge on any atom is -0.457 e. The predicted octanol–water partition coefficient (Wildman–Crippen LogP) is 5.40. The summed E-state index contributed by atoms with van der Waals surface area (Å²) in [7, 11) is 0. The highest BCUT2D eigenvalue weighted by Gasteiger charge is 2.37. The molecule has 114 valence electrons. The highest BCUT2D eigenvalue weighted by Crippen LogP contribution is 2.43. The van der Waals surface area contributed by atoms with Gasteiger partial charge in [-0.3, -0.25) is 4.79 Å². The van der Waals surface area contributed by atoms with E-state index in [4.69, 9.17) is 27.9 Å². The third-order valence-corrected chi connectivity index (χ3v) is 4.58. The van der Waals surface area contributed by atoms with Crippen molar-refractivity contribution in [2.24, 2.45) is 5.92 Å². The van der Waals surface area contributed by atoms with Gasteiger partial charge in [-0.1, -0.05) is 54.4 Å². The maximum atomic E-state index is 12.0. The summed E-state index contributed by atoms with van der Waals surface area (Å²) in [5.74, 6) is -0.182. The molecule has 2 aromatic rings. The van der Waals surface area contributed by atoms with Crippen LogP contribution in [0.3, 0.4) is 0 Å². The Morgan fingerprint density at radius 3 is 2.41 bits per heavy atom. The van der Waals surface area contributed by atoms with E-state index in [-0.39, 0.29) is 23.9 Å². The van der Waals surface area contributed by atoms with Crippen LogP contribution in [-0.4, -0.2) is 5.97 Å². The zero-order valence-electron chi connectivity index (χ0n) is 12.1. The lowest BCUT2D eigenvalue weighted by Gasteiger charge is -2.35. The number of rotatable bonds is 2. The molecule has 2 aromatic carbocycles. The van der Waals surface area contributed by atoms with Gasteiger partial charge in [0, 0.05) is 16.0 Å². The molecule has 1 aliphatic rings. The monoisotopic (exact) mass is 334 g/mol. The Morgan fingerprint density at radius 2 is 1.73 bits per heavy atom. The van der Waals surface area contributed by atoms with Gasteiger partial charge in [-0.05, 0) is 41.8 Å². The fourth-order valence-corrected chi connectivity index (χ4v) is 3.25. The SMILES string of the molecule is C[C@H]1C[C@H](c2cccc(Cl)c2)[C@H](c2ccc(Cl)cc2)OC1=O. The maximum Gasteiger partial charge on any atom is 0.309 e. The van der Waals surface area contributed by atoms with Crippen LogP contribution in [0.5, 0.6) is 0 Å². The molecule has 4 heteroatoms. The second kappa shape index (κ2) is 6.31. The third-order valence-electron chi connectivity index (χ3n) is 4.09. The molecule has 1 aliphatic heterocycles. The van der Waals surface area contributed by atoms with E-state index in [0.29, 0.717) is 10.0 Å². The van der Waals surface area contributed by atoms with Crippen molar-refractivity contribution in [3.8, 4) is 0 Å². The molecule has 22 heavy (non-hydrogen) atoms. The fraction of sp³-hybridized carbons (Fsp3) is 0.278. The second-order valence-corrected chi connectivity index (χ2v) is 6.58. The number of esters is 1. The Kier molecular flexibility index (Phi) is 4.42. The molecule has 0 bridgehead atoms. The number of halogens is 2. The molecular formula is C18H16Cl2O2. The van der Waals surface area contributed by atoms with E-state index >= 15 is 0 Å². The minimum atomic E-state index is -0.306. The van der Waals surface area contributed by atoms with E-state index in [1.54, 1.807) is 0 Å². The van der Waals surface area contributed by atoms with Gasteiger partial charge in [0.15, 0.2) is 0 Å². The molecule has 3 rings (SSSR count). The van der Waals surface area contributed by atoms with Crippen LogP contribution in [0.4, 0.5) is 0 Å². The summed E-state index contributed by atoms with van der Waals surface area (Å²) in [6.45, 7) is 1.90. The zero-order valence-corrected chi connectivity index (χ0v) is 13.6. The summed E-state index contributed by atoms with van der Waals surface area (Å²) >= 11 is 12.1. The van der Waals surface area contributed by atoms with Crippen LogP contribution >= 0.6 is 23.2 Å². The van der Waals surface area contributed by atoms with Crippen molar-refractivity contribution in [3.63, 3.8) is 0 Å². The number of carbonyl (C=O) groups is 1. The summed E-state index contributed by atoms with van der Waals surface area (Å²) in [6, 6.07) is 15.2. The van der Waals surface area contributed by atoms with Gasteiger partial charge >= 0.3 is 5.97 Å². The first-order valence-corrected chi connectivity index (χ1v) is 8.01. The van der Waals surface area contributed by atoms with Gasteiger partial charge in [0.1, 0.15) is 6.10 Å². The normalized spacial score (nSPS) is 24.9. The van der Waals surface area contributed by atoms with Gasteiger partial charge in [-0.2, -0.15) is 0 Å². The highest BCUT2D eigenvalue weighted by atomic mass is 35.5. The van der Waals surface area contributed by atoms with Crippen molar-refractivity contribution >= 4 is 29.2 Å². The molecule has 1 heterocycles. The van der Waals surface area contributed by atoms with E-state index in [9.17, 15) is 4.79 Å². The Bertz CT molecular complexity index is 682. The standard InChI is InChI=1S/C18H16Cl2O2/c1-11-9-16(13-3-2-4-15(20)10-13)17(22-18(11)21)12-5-7-14(19)8-6-12/h2-8,10-11,16-17H,9H2,1H3/t11-,16+,17-/m0/s1. The van der Waals surface area contributed by atoms with Crippen LogP contribution in [0.1, 0.15) is 36.5 Å². The van der Waals surface area contributed by atoms with Gasteiger partial charge in [0.05, 0.1) is 5.92 Å². The lowest BCUT2D eigenvalue weighted by Crippen LogP contribution is -2.30. The van der Waals surface area contributed by atoms with Crippen molar-refractivity contribution in [1.29, 1.82) is 0 Å². The van der Waals surface area contributed by atoms with Crippen LogP contribution in [-0.2, 0) is 9.53 Å². The van der Waals surface area contributed by atoms with Crippen molar-refractivity contribution in [1.82, 2.24) is 0 Å². The smallest absolute Gasteiger partial charge is 0.309 e. The molecule has 0 radical (unpaired) electrons. The summed E-state index contributed by atoms with van der Waals surface area (Å²) in [5.41, 5.74) is 2.04. The Morgan fingerprint density at radius 1 is 1.00 bits per heavy atom. The van der Waals surface area contributed by atoms with Crippen LogP contribution < -0.4 is 0 Å². The first-order valence-electron chi connectivity index (χ1n) is 7.26. The van der Waals surface area contributed by atoms with E-state index < -0.39 is 0 Å². The summed E-state index contributed by atoms with van der Waals surface area (Å²) in [6.07, 6.45) is 0.436. The van der Waals surface area contributed by atoms with Crippen molar-refractivity contribution in [2.75, 3.05) is 0 Å². The molecule has 0 saturated carbocycles. The molecule has 1 fully saturated rings. The first kappa shape index (κ1) is 15.4. The van der Waals surface area contributed by atoms with Crippen LogP contribution in [0.25, 0.3) is 0 Å². The average molecular weight is 335 g/mol. The molecule has 2 nitrogen and oxygen atoms in total. The van der Waals surface area contributed by atoms with E-state index in [1.807, 2.05) is 55.5 Å². The molecule has 0 amide bonds. The predicted molar refractivity (Wildman–Crippen MR) is 88.3 cm³/mol. The van der Waals surface area contributed by atoms with Crippen molar-refractivity contribution < 1.29 is 9.53 Å². The summed E-state index contributed by atoms with van der Waals surface area (Å²) < 4.78 is 5.71. The largest absolute Gasteiger partial charge is 0.457 e. The van der Waals surface area contributed by atoms with Crippen LogP contribution in [0.2, 0.25) is 10.0 Å². The second-order valence-electron chi connectivity index (χ2n) is 5.71. The maximum absolute atomic E-state index is 12.0. The van der Waals surface area contributed by atoms with Crippen molar-refractivity contribution in [3.05, 3.63) is 69.7 Å². The topological polar surface area (TPSA) is 26.3 Å². The van der Waals surface area contributed by atoms with E-state index in [2.05, 4.69) is 0 Å². The Labute approximate surface area is 140 Å². The van der Waals surface area contributed by atoms with Gasteiger partial charge < -0.3 is 4.74 Å². The van der Waals surface area contributed by atoms with Gasteiger partial charge in [0.2, 0.25) is 0 Å². The molecule has 3 atom stereocenters. The van der Waals surface area contributed by atoms with Gasteiger partial charge in [0.25, 0.3) is 0 Å². The van der Waals surface area contributed by atoms with Crippen molar-refractivity contribution in [2.45, 2.75) is 25.4 Å². The summed E-state index contributed by atoms with van der Waals surface area (Å²) in [5, 5.41) is 1.36. The molecule has 0 N–H and O–H groups in total. The van der Waals surface area contributed by atoms with Crippen LogP contribution in [0, 0.1) is 5.92 Å². The average Bonchev–Trinajstić information content (AvgIpc) is 2.50. The molecule has 0 unspecified atom stereocenters. The number of ether oxygens (including phenoxy) is 1. The number of hydrogen-bond donors (Lipinski definition) is 0. The zero-order chi connectivity index (χ0) is 15.7. The van der Waals surface area contributed by atoms with Gasteiger partial charge in [-0.15, -0.1) is 0 Å². The highest BCUT2D eigenvalue weighted by molar-refractivity contribution is 6.30. The first-order chi connectivity index (χ1) is 10.5. The number of hydrogen-bond acceptors (Lipinski definition) is 2. The molecule has 0 aromatic heterocycles. The number of carbonyl (C=O) groups excluding carboxylic acids is 1. The van der Waals surface area contributed by atoms with E-state index in [1.165, 1.54) is 0 Å². The Hall–Kier alpha value is -1.51. The Balaban J connectivity index is 1.99. The summed E-state index contributed by atoms with van der Waals surface area (Å²) in [4.78, 5) is 12.0. The van der Waals surface area contributed by atoms with E-state index in [0.717, 1.165) is 17.5 Å². The molecular weight excluding hydrogens is 319 g/mol. The number of benzene rings is 2. The number of cyclic esters (lactones) is 1. The van der Waals surface area contributed by atoms with Crippen LogP contribution in [0.15, 0.2) is 48.5 Å². The lowest BCUT2D eigenvalue weighted by atomic mass is 9.80.